The van der Waals surface area contributed by atoms with Crippen LogP contribution in [0.25, 0.3) is 0 Å². The van der Waals surface area contributed by atoms with E-state index < -0.39 is 29.7 Å². The van der Waals surface area contributed by atoms with Crippen molar-refractivity contribution in [3.63, 3.8) is 0 Å². The molecule has 9 heteroatoms. The molecule has 0 fully saturated rings. The summed E-state index contributed by atoms with van der Waals surface area (Å²) in [4.78, 5) is 40.4. The lowest BCUT2D eigenvalue weighted by Gasteiger charge is -2.34. The van der Waals surface area contributed by atoms with Crippen LogP contribution in [0.15, 0.2) is 18.2 Å². The number of unbranched alkanes of at least 4 members (excludes halogenated alkanes) is 1. The first kappa shape index (κ1) is 28.8. The molecule has 33 heavy (non-hydrogen) atoms. The SMILES string of the molecule is CCCCNC(=O)C(c1ccc(C)cc1C)N(CCO)C(=O)C(CS)NC(=O)OC(C)(C)C. The van der Waals surface area contributed by atoms with E-state index in [0.717, 1.165) is 24.0 Å². The van der Waals surface area contributed by atoms with Gasteiger partial charge in [0, 0.05) is 18.8 Å². The lowest BCUT2D eigenvalue weighted by molar-refractivity contribution is -0.142. The maximum absolute atomic E-state index is 13.5. The molecule has 0 aliphatic carbocycles. The van der Waals surface area contributed by atoms with Crippen molar-refractivity contribution in [1.82, 2.24) is 15.5 Å². The third kappa shape index (κ3) is 9.25. The number of carbonyl (C=O) groups is 3. The van der Waals surface area contributed by atoms with Crippen LogP contribution in [0, 0.1) is 13.8 Å². The molecule has 0 aliphatic heterocycles. The summed E-state index contributed by atoms with van der Waals surface area (Å²) in [5.74, 6) is -0.871. The summed E-state index contributed by atoms with van der Waals surface area (Å²) in [5.41, 5.74) is 1.80. The van der Waals surface area contributed by atoms with Gasteiger partial charge in [-0.2, -0.15) is 12.6 Å². The van der Waals surface area contributed by atoms with E-state index in [9.17, 15) is 19.5 Å². The number of hydrogen-bond donors (Lipinski definition) is 4. The molecule has 0 saturated heterocycles. The lowest BCUT2D eigenvalue weighted by Crippen LogP contribution is -2.54. The Morgan fingerprint density at radius 2 is 1.88 bits per heavy atom. The second-order valence-electron chi connectivity index (χ2n) is 9.04. The Hall–Kier alpha value is -2.26. The standard InChI is InChI=1S/C24H39N3O5S/c1-7-8-11-25-21(29)20(18-10-9-16(2)14-17(18)3)27(12-13-28)22(30)19(15-33)26-23(31)32-24(4,5)6/h9-10,14,19-20,28,33H,7-8,11-13,15H2,1-6H3,(H,25,29)(H,26,31). The predicted molar refractivity (Wildman–Crippen MR) is 132 cm³/mol. The first-order chi connectivity index (χ1) is 15.4. The molecule has 8 nitrogen and oxygen atoms in total. The van der Waals surface area contributed by atoms with Crippen LogP contribution in [-0.2, 0) is 14.3 Å². The van der Waals surface area contributed by atoms with Gasteiger partial charge in [0.1, 0.15) is 17.7 Å². The number of ether oxygens (including phenoxy) is 1. The molecule has 0 aromatic heterocycles. The predicted octanol–water partition coefficient (Wildman–Crippen LogP) is 2.90. The third-order valence-corrected chi connectivity index (χ3v) is 5.27. The van der Waals surface area contributed by atoms with Gasteiger partial charge in [0.25, 0.3) is 0 Å². The molecule has 3 amide bonds. The smallest absolute Gasteiger partial charge is 0.408 e. The van der Waals surface area contributed by atoms with Crippen molar-refractivity contribution in [3.05, 3.63) is 34.9 Å². The Bertz CT molecular complexity index is 810. The molecule has 0 heterocycles. The molecule has 3 N–H and O–H groups in total. The Kier molecular flexibility index (Phi) is 11.7. The molecule has 0 saturated carbocycles. The van der Waals surface area contributed by atoms with Gasteiger partial charge in [-0.15, -0.1) is 0 Å². The van der Waals surface area contributed by atoms with Crippen molar-refractivity contribution in [3.8, 4) is 0 Å². The van der Waals surface area contributed by atoms with Crippen LogP contribution in [0.5, 0.6) is 0 Å². The van der Waals surface area contributed by atoms with Crippen molar-refractivity contribution in [2.75, 3.05) is 25.4 Å². The molecule has 0 aliphatic rings. The molecule has 1 aromatic rings. The number of nitrogens with one attached hydrogen (secondary N) is 2. The number of aryl methyl sites for hydroxylation is 2. The lowest BCUT2D eigenvalue weighted by atomic mass is 9.96. The van der Waals surface area contributed by atoms with Crippen molar-refractivity contribution >= 4 is 30.5 Å². The van der Waals surface area contributed by atoms with Crippen LogP contribution in [0.2, 0.25) is 0 Å². The van der Waals surface area contributed by atoms with Crippen LogP contribution in [0.1, 0.15) is 63.3 Å². The highest BCUT2D eigenvalue weighted by atomic mass is 32.1. The maximum atomic E-state index is 13.5. The number of aliphatic hydroxyl groups excluding tert-OH is 1. The summed E-state index contributed by atoms with van der Waals surface area (Å²) in [6.07, 6.45) is 0.961. The van der Waals surface area contributed by atoms with E-state index in [1.165, 1.54) is 4.90 Å². The fraction of sp³-hybridized carbons (Fsp3) is 0.625. The molecule has 186 valence electrons. The summed E-state index contributed by atoms with van der Waals surface area (Å²) < 4.78 is 5.27. The fourth-order valence-corrected chi connectivity index (χ4v) is 3.63. The van der Waals surface area contributed by atoms with Gasteiger partial charge in [-0.25, -0.2) is 4.79 Å². The normalized spacial score (nSPS) is 13.1. The summed E-state index contributed by atoms with van der Waals surface area (Å²) in [5, 5.41) is 15.2. The summed E-state index contributed by atoms with van der Waals surface area (Å²) >= 11 is 4.23. The van der Waals surface area contributed by atoms with Gasteiger partial charge < -0.3 is 25.4 Å². The maximum Gasteiger partial charge on any atom is 0.408 e. The third-order valence-electron chi connectivity index (χ3n) is 4.91. The number of thiol groups is 1. The van der Waals surface area contributed by atoms with Gasteiger partial charge in [-0.3, -0.25) is 9.59 Å². The zero-order chi connectivity index (χ0) is 25.2. The zero-order valence-corrected chi connectivity index (χ0v) is 21.5. The molecule has 0 bridgehead atoms. The van der Waals surface area contributed by atoms with E-state index in [1.807, 2.05) is 39.0 Å². The van der Waals surface area contributed by atoms with Crippen molar-refractivity contribution in [2.45, 2.75) is 72.1 Å². The molecular weight excluding hydrogens is 442 g/mol. The first-order valence-corrected chi connectivity index (χ1v) is 11.9. The number of amides is 3. The van der Waals surface area contributed by atoms with E-state index in [0.29, 0.717) is 12.1 Å². The first-order valence-electron chi connectivity index (χ1n) is 11.3. The average Bonchev–Trinajstić information content (AvgIpc) is 2.71. The van der Waals surface area contributed by atoms with E-state index in [1.54, 1.807) is 20.8 Å². The molecule has 1 aromatic carbocycles. The monoisotopic (exact) mass is 481 g/mol. The van der Waals surface area contributed by atoms with Crippen LogP contribution < -0.4 is 10.6 Å². The van der Waals surface area contributed by atoms with Gasteiger partial charge in [0.2, 0.25) is 11.8 Å². The van der Waals surface area contributed by atoms with Gasteiger partial charge in [-0.05, 0) is 52.2 Å². The number of carbonyl (C=O) groups excluding carboxylic acids is 3. The number of nitrogens with zero attached hydrogens (tertiary/aromatic N) is 1. The minimum atomic E-state index is -1.04. The van der Waals surface area contributed by atoms with Crippen LogP contribution >= 0.6 is 12.6 Å². The van der Waals surface area contributed by atoms with Gasteiger partial charge in [0.05, 0.1) is 6.61 Å². The number of aliphatic hydroxyl groups is 1. The van der Waals surface area contributed by atoms with E-state index >= 15 is 0 Å². The Labute approximate surface area is 202 Å². The number of alkyl carbamates (subject to hydrolysis) is 1. The Balaban J connectivity index is 3.33. The highest BCUT2D eigenvalue weighted by molar-refractivity contribution is 7.80. The van der Waals surface area contributed by atoms with Gasteiger partial charge >= 0.3 is 6.09 Å². The largest absolute Gasteiger partial charge is 0.444 e. The van der Waals surface area contributed by atoms with Crippen LogP contribution in [0.3, 0.4) is 0 Å². The Morgan fingerprint density at radius 1 is 1.21 bits per heavy atom. The second-order valence-corrected chi connectivity index (χ2v) is 9.41. The molecule has 0 radical (unpaired) electrons. The summed E-state index contributed by atoms with van der Waals surface area (Å²) in [7, 11) is 0. The van der Waals surface area contributed by atoms with E-state index in [2.05, 4.69) is 23.3 Å². The zero-order valence-electron chi connectivity index (χ0n) is 20.6. The molecular formula is C24H39N3O5S. The topological polar surface area (TPSA) is 108 Å². The Morgan fingerprint density at radius 3 is 2.39 bits per heavy atom. The molecule has 2 unspecified atom stereocenters. The highest BCUT2D eigenvalue weighted by Crippen LogP contribution is 2.26. The fourth-order valence-electron chi connectivity index (χ4n) is 3.38. The van der Waals surface area contributed by atoms with E-state index in [-0.39, 0.29) is 24.8 Å². The highest BCUT2D eigenvalue weighted by Gasteiger charge is 2.36. The number of rotatable bonds is 11. The molecule has 2 atom stereocenters. The number of benzene rings is 1. The van der Waals surface area contributed by atoms with Gasteiger partial charge in [-0.1, -0.05) is 37.1 Å². The van der Waals surface area contributed by atoms with Crippen LogP contribution in [-0.4, -0.2) is 65.0 Å². The summed E-state index contributed by atoms with van der Waals surface area (Å²) in [6.45, 7) is 11.1. The quantitative estimate of drug-likeness (QED) is 0.287. The number of hydrogen-bond acceptors (Lipinski definition) is 6. The minimum absolute atomic E-state index is 0.00292. The van der Waals surface area contributed by atoms with Crippen LogP contribution in [0.4, 0.5) is 4.79 Å². The van der Waals surface area contributed by atoms with E-state index in [4.69, 9.17) is 4.74 Å². The minimum Gasteiger partial charge on any atom is -0.444 e. The van der Waals surface area contributed by atoms with Crippen molar-refractivity contribution < 1.29 is 24.2 Å². The van der Waals surface area contributed by atoms with Crippen molar-refractivity contribution in [1.29, 1.82) is 0 Å². The summed E-state index contributed by atoms with van der Waals surface area (Å²) in [6, 6.07) is 3.64. The average molecular weight is 482 g/mol. The molecule has 0 spiro atoms. The van der Waals surface area contributed by atoms with Crippen molar-refractivity contribution in [2.24, 2.45) is 0 Å². The second kappa shape index (κ2) is 13.4. The van der Waals surface area contributed by atoms with Gasteiger partial charge in [0.15, 0.2) is 0 Å². The molecule has 1 rings (SSSR count).